The van der Waals surface area contributed by atoms with Gasteiger partial charge in [0.1, 0.15) is 0 Å². The van der Waals surface area contributed by atoms with Crippen molar-refractivity contribution in [2.75, 3.05) is 0 Å². The zero-order chi connectivity index (χ0) is 8.43. The number of carboxylic acid groups (broad SMARTS) is 1. The summed E-state index contributed by atoms with van der Waals surface area (Å²) >= 11 is 0. The van der Waals surface area contributed by atoms with Crippen LogP contribution in [0.1, 0.15) is 33.1 Å². The maximum Gasteiger partial charge on any atom is 0.307 e. The lowest BCUT2D eigenvalue weighted by Crippen LogP contribution is -2.32. The molecule has 1 N–H and O–H groups in total. The number of carboxylic acids is 1. The van der Waals surface area contributed by atoms with E-state index in [1.807, 2.05) is 13.8 Å². The molecule has 1 saturated carbocycles. The third-order valence-corrected chi connectivity index (χ3v) is 2.66. The molecule has 1 aliphatic rings. The van der Waals surface area contributed by atoms with Crippen LogP contribution < -0.4 is 0 Å². The van der Waals surface area contributed by atoms with Gasteiger partial charge >= 0.3 is 5.97 Å². The fraction of sp³-hybridized carbons (Fsp3) is 0.889. The summed E-state index contributed by atoms with van der Waals surface area (Å²) in [4.78, 5) is 10.8. The van der Waals surface area contributed by atoms with Crippen LogP contribution in [0.4, 0.5) is 0 Å². The summed E-state index contributed by atoms with van der Waals surface area (Å²) in [6.45, 7) is 3.99. The molecule has 0 aliphatic heterocycles. The van der Waals surface area contributed by atoms with Gasteiger partial charge in [-0.2, -0.15) is 0 Å². The van der Waals surface area contributed by atoms with Gasteiger partial charge in [0.25, 0.3) is 0 Å². The monoisotopic (exact) mass is 156 g/mol. The number of aliphatic carboxylic acids is 1. The van der Waals surface area contributed by atoms with Gasteiger partial charge in [-0.25, -0.2) is 0 Å². The molecule has 0 saturated heterocycles. The first-order chi connectivity index (χ1) is 5.13. The first kappa shape index (κ1) is 8.57. The minimum atomic E-state index is -0.607. The molecule has 0 heterocycles. The summed E-state index contributed by atoms with van der Waals surface area (Å²) in [6.07, 6.45) is 3.46. The summed E-state index contributed by atoms with van der Waals surface area (Å²) in [5.74, 6) is 0.0544. The van der Waals surface area contributed by atoms with Crippen LogP contribution in [0, 0.1) is 17.8 Å². The Bertz CT molecular complexity index is 148. The zero-order valence-electron chi connectivity index (χ0n) is 7.21. The summed E-state index contributed by atoms with van der Waals surface area (Å²) in [5.41, 5.74) is 0. The van der Waals surface area contributed by atoms with E-state index in [4.69, 9.17) is 5.11 Å². The average molecular weight is 156 g/mol. The Labute approximate surface area is 67.6 Å². The molecule has 0 unspecified atom stereocenters. The van der Waals surface area contributed by atoms with Crippen LogP contribution in [0.3, 0.4) is 0 Å². The fourth-order valence-electron chi connectivity index (χ4n) is 1.83. The minimum absolute atomic E-state index is 0.0938. The van der Waals surface area contributed by atoms with Crippen molar-refractivity contribution in [2.24, 2.45) is 17.8 Å². The van der Waals surface area contributed by atoms with E-state index >= 15 is 0 Å². The predicted octanol–water partition coefficient (Wildman–Crippen LogP) is 2.14. The van der Waals surface area contributed by atoms with Crippen LogP contribution in [0.25, 0.3) is 0 Å². The second-order valence-corrected chi connectivity index (χ2v) is 3.80. The van der Waals surface area contributed by atoms with E-state index < -0.39 is 5.97 Å². The maximum atomic E-state index is 10.8. The van der Waals surface area contributed by atoms with Gasteiger partial charge in [-0.05, 0) is 24.7 Å². The lowest BCUT2D eigenvalue weighted by atomic mass is 9.71. The molecule has 1 atom stereocenters. The standard InChI is InChI=1S/C9H16O2/c1-6(2)8(9(10)11)7-4-3-5-7/h6-8H,3-5H2,1-2H3,(H,10,11)/t8-/m1/s1. The second-order valence-electron chi connectivity index (χ2n) is 3.80. The minimum Gasteiger partial charge on any atom is -0.481 e. The first-order valence-electron chi connectivity index (χ1n) is 4.35. The number of hydrogen-bond acceptors (Lipinski definition) is 1. The van der Waals surface area contributed by atoms with Crippen LogP contribution >= 0.6 is 0 Å². The highest BCUT2D eigenvalue weighted by atomic mass is 16.4. The Kier molecular flexibility index (Phi) is 2.53. The molecule has 0 bridgehead atoms. The molecule has 0 aromatic carbocycles. The number of rotatable bonds is 3. The van der Waals surface area contributed by atoms with E-state index in [-0.39, 0.29) is 11.8 Å². The van der Waals surface area contributed by atoms with Crippen molar-refractivity contribution in [3.8, 4) is 0 Å². The topological polar surface area (TPSA) is 37.3 Å². The first-order valence-corrected chi connectivity index (χ1v) is 4.35. The lowest BCUT2D eigenvalue weighted by Gasteiger charge is -2.33. The maximum absolute atomic E-state index is 10.8. The van der Waals surface area contributed by atoms with Gasteiger partial charge in [0.2, 0.25) is 0 Å². The van der Waals surface area contributed by atoms with E-state index in [0.717, 1.165) is 12.8 Å². The third kappa shape index (κ3) is 1.73. The van der Waals surface area contributed by atoms with Crippen molar-refractivity contribution in [1.29, 1.82) is 0 Å². The normalized spacial score (nSPS) is 21.4. The molecule has 1 fully saturated rings. The molecule has 0 aromatic rings. The van der Waals surface area contributed by atoms with Crippen molar-refractivity contribution < 1.29 is 9.90 Å². The Balaban J connectivity index is 2.51. The smallest absolute Gasteiger partial charge is 0.307 e. The summed E-state index contributed by atoms with van der Waals surface area (Å²) in [7, 11) is 0. The molecule has 1 aliphatic carbocycles. The molecule has 0 spiro atoms. The van der Waals surface area contributed by atoms with Gasteiger partial charge in [-0.15, -0.1) is 0 Å². The highest BCUT2D eigenvalue weighted by molar-refractivity contribution is 5.70. The van der Waals surface area contributed by atoms with Gasteiger partial charge in [0.05, 0.1) is 5.92 Å². The highest BCUT2D eigenvalue weighted by Crippen LogP contribution is 2.37. The predicted molar refractivity (Wildman–Crippen MR) is 43.3 cm³/mol. The highest BCUT2D eigenvalue weighted by Gasteiger charge is 2.34. The van der Waals surface area contributed by atoms with Crippen molar-refractivity contribution in [3.63, 3.8) is 0 Å². The quantitative estimate of drug-likeness (QED) is 0.679. The SMILES string of the molecule is CC(C)[C@@H](C(=O)O)C1CCC1. The molecule has 0 amide bonds. The van der Waals surface area contributed by atoms with Gasteiger partial charge in [-0.1, -0.05) is 20.3 Å². The number of carbonyl (C=O) groups is 1. The van der Waals surface area contributed by atoms with Crippen molar-refractivity contribution in [3.05, 3.63) is 0 Å². The Morgan fingerprint density at radius 2 is 2.00 bits per heavy atom. The van der Waals surface area contributed by atoms with Crippen molar-refractivity contribution >= 4 is 5.97 Å². The molecule has 0 aromatic heterocycles. The number of hydrogen-bond donors (Lipinski definition) is 1. The van der Waals surface area contributed by atoms with Gasteiger partial charge in [0, 0.05) is 0 Å². The molecule has 2 nitrogen and oxygen atoms in total. The second kappa shape index (κ2) is 3.24. The zero-order valence-corrected chi connectivity index (χ0v) is 7.21. The van der Waals surface area contributed by atoms with Gasteiger partial charge in [0.15, 0.2) is 0 Å². The van der Waals surface area contributed by atoms with Gasteiger partial charge < -0.3 is 5.11 Å². The van der Waals surface area contributed by atoms with Gasteiger partial charge in [-0.3, -0.25) is 4.79 Å². The summed E-state index contributed by atoms with van der Waals surface area (Å²) < 4.78 is 0. The van der Waals surface area contributed by atoms with E-state index in [1.54, 1.807) is 0 Å². The Morgan fingerprint density at radius 1 is 1.45 bits per heavy atom. The van der Waals surface area contributed by atoms with Crippen molar-refractivity contribution in [1.82, 2.24) is 0 Å². The Hall–Kier alpha value is -0.530. The van der Waals surface area contributed by atoms with Crippen LogP contribution in [-0.2, 0) is 4.79 Å². The van der Waals surface area contributed by atoms with E-state index in [0.29, 0.717) is 5.92 Å². The largest absolute Gasteiger partial charge is 0.481 e. The van der Waals surface area contributed by atoms with E-state index in [1.165, 1.54) is 6.42 Å². The van der Waals surface area contributed by atoms with E-state index in [9.17, 15) is 4.79 Å². The van der Waals surface area contributed by atoms with Crippen LogP contribution in [0.5, 0.6) is 0 Å². The van der Waals surface area contributed by atoms with E-state index in [2.05, 4.69) is 0 Å². The molecular weight excluding hydrogens is 140 g/mol. The fourth-order valence-corrected chi connectivity index (χ4v) is 1.83. The molecule has 11 heavy (non-hydrogen) atoms. The van der Waals surface area contributed by atoms with Crippen molar-refractivity contribution in [2.45, 2.75) is 33.1 Å². The molecular formula is C9H16O2. The molecule has 0 radical (unpaired) electrons. The molecule has 1 rings (SSSR count). The molecule has 64 valence electrons. The average Bonchev–Trinajstić information content (AvgIpc) is 1.75. The third-order valence-electron chi connectivity index (χ3n) is 2.66. The Morgan fingerprint density at radius 3 is 2.09 bits per heavy atom. The lowest BCUT2D eigenvalue weighted by molar-refractivity contribution is -0.147. The van der Waals surface area contributed by atoms with Crippen LogP contribution in [0.15, 0.2) is 0 Å². The summed E-state index contributed by atoms with van der Waals surface area (Å²) in [5, 5.41) is 8.88. The summed E-state index contributed by atoms with van der Waals surface area (Å²) in [6, 6.07) is 0. The van der Waals surface area contributed by atoms with Crippen LogP contribution in [0.2, 0.25) is 0 Å². The molecule has 2 heteroatoms. The van der Waals surface area contributed by atoms with Crippen LogP contribution in [-0.4, -0.2) is 11.1 Å².